The number of hydrogen-bond donors (Lipinski definition) is 1. The molecule has 4 rings (SSSR count). The Kier molecular flexibility index (Phi) is 8.43. The molecule has 9 heteroatoms. The molecule has 1 amide bonds. The van der Waals surface area contributed by atoms with Crippen LogP contribution in [0.3, 0.4) is 0 Å². The minimum absolute atomic E-state index is 0.150. The highest BCUT2D eigenvalue weighted by molar-refractivity contribution is 6.02. The number of amides is 1. The van der Waals surface area contributed by atoms with E-state index in [-0.39, 0.29) is 23.8 Å². The van der Waals surface area contributed by atoms with Gasteiger partial charge in [-0.25, -0.2) is 4.79 Å². The summed E-state index contributed by atoms with van der Waals surface area (Å²) < 4.78 is 11.1. The van der Waals surface area contributed by atoms with Crippen molar-refractivity contribution in [2.45, 2.75) is 13.0 Å². The Bertz CT molecular complexity index is 1480. The molecule has 0 spiro atoms. The van der Waals surface area contributed by atoms with Gasteiger partial charge in [0.2, 0.25) is 5.78 Å². The van der Waals surface area contributed by atoms with Gasteiger partial charge in [0, 0.05) is 28.9 Å². The molecule has 0 aromatic heterocycles. The number of esters is 1. The molecular formula is C30H24N2O7. The maximum atomic E-state index is 13.2. The van der Waals surface area contributed by atoms with Gasteiger partial charge in [-0.2, -0.15) is 0 Å². The monoisotopic (exact) mass is 524 g/mol. The number of carbonyl (C=O) groups excluding carboxylic acids is 3. The van der Waals surface area contributed by atoms with Crippen molar-refractivity contribution in [3.8, 4) is 5.75 Å². The lowest BCUT2D eigenvalue weighted by Gasteiger charge is -2.18. The summed E-state index contributed by atoms with van der Waals surface area (Å²) in [4.78, 5) is 49.0. The zero-order valence-corrected chi connectivity index (χ0v) is 20.9. The number of hydrogen-bond acceptors (Lipinski definition) is 7. The minimum atomic E-state index is -1.32. The zero-order chi connectivity index (χ0) is 27.8. The van der Waals surface area contributed by atoms with Crippen molar-refractivity contribution in [2.75, 3.05) is 11.9 Å². The van der Waals surface area contributed by atoms with E-state index in [1.807, 2.05) is 25.1 Å². The number of carbonyl (C=O) groups is 3. The number of benzene rings is 4. The number of anilines is 1. The Balaban J connectivity index is 1.44. The van der Waals surface area contributed by atoms with Gasteiger partial charge in [0.05, 0.1) is 10.5 Å². The molecule has 1 N–H and O–H groups in total. The summed E-state index contributed by atoms with van der Waals surface area (Å²) >= 11 is 0. The van der Waals surface area contributed by atoms with Gasteiger partial charge in [0.15, 0.2) is 12.7 Å². The van der Waals surface area contributed by atoms with Crippen LogP contribution in [0.5, 0.6) is 5.75 Å². The largest absolute Gasteiger partial charge is 0.483 e. The van der Waals surface area contributed by atoms with Gasteiger partial charge >= 0.3 is 5.97 Å². The molecule has 0 fully saturated rings. The number of nitro benzene ring substituents is 1. The summed E-state index contributed by atoms with van der Waals surface area (Å²) in [7, 11) is 0. The highest BCUT2D eigenvalue weighted by atomic mass is 16.6. The average molecular weight is 525 g/mol. The SMILES string of the molecule is Cc1ccccc1OCC(=O)Nc1ccc(C(=O)O[C@H](C(=O)c2ccccc2)c2ccc([N+](=O)[O-])cc2)cc1. The zero-order valence-electron chi connectivity index (χ0n) is 20.9. The second kappa shape index (κ2) is 12.3. The van der Waals surface area contributed by atoms with Crippen LogP contribution < -0.4 is 10.1 Å². The molecule has 0 aliphatic rings. The Labute approximate surface area is 224 Å². The lowest BCUT2D eigenvalue weighted by molar-refractivity contribution is -0.384. The van der Waals surface area contributed by atoms with Crippen molar-refractivity contribution < 1.29 is 28.8 Å². The summed E-state index contributed by atoms with van der Waals surface area (Å²) in [6.07, 6.45) is -1.32. The minimum Gasteiger partial charge on any atom is -0.483 e. The number of aryl methyl sites for hydroxylation is 1. The predicted molar refractivity (Wildman–Crippen MR) is 144 cm³/mol. The van der Waals surface area contributed by atoms with E-state index in [2.05, 4.69) is 5.32 Å². The molecule has 0 aliphatic heterocycles. The lowest BCUT2D eigenvalue weighted by atomic mass is 9.99. The van der Waals surface area contributed by atoms with E-state index in [9.17, 15) is 24.5 Å². The Morgan fingerprint density at radius 1 is 0.821 bits per heavy atom. The van der Waals surface area contributed by atoms with Crippen molar-refractivity contribution in [3.05, 3.63) is 135 Å². The van der Waals surface area contributed by atoms with Gasteiger partial charge in [0.1, 0.15) is 5.75 Å². The first kappa shape index (κ1) is 26.7. The molecule has 0 radical (unpaired) electrons. The van der Waals surface area contributed by atoms with Crippen molar-refractivity contribution in [3.63, 3.8) is 0 Å². The van der Waals surface area contributed by atoms with Gasteiger partial charge < -0.3 is 14.8 Å². The summed E-state index contributed by atoms with van der Waals surface area (Å²) in [5, 5.41) is 13.7. The number of non-ortho nitro benzene ring substituents is 1. The number of rotatable bonds is 10. The summed E-state index contributed by atoms with van der Waals surface area (Å²) in [6, 6.07) is 26.9. The molecule has 0 saturated heterocycles. The smallest absolute Gasteiger partial charge is 0.339 e. The van der Waals surface area contributed by atoms with Gasteiger partial charge in [0.25, 0.3) is 11.6 Å². The third kappa shape index (κ3) is 6.92. The van der Waals surface area contributed by atoms with E-state index in [1.54, 1.807) is 36.4 Å². The summed E-state index contributed by atoms with van der Waals surface area (Å²) in [5.41, 5.74) is 1.96. The fourth-order valence-electron chi connectivity index (χ4n) is 3.72. The van der Waals surface area contributed by atoms with E-state index < -0.39 is 22.8 Å². The normalized spacial score (nSPS) is 11.2. The predicted octanol–water partition coefficient (Wildman–Crippen LogP) is 5.70. The van der Waals surface area contributed by atoms with E-state index >= 15 is 0 Å². The maximum absolute atomic E-state index is 13.2. The van der Waals surface area contributed by atoms with Crippen molar-refractivity contribution >= 4 is 29.0 Å². The average Bonchev–Trinajstić information content (AvgIpc) is 2.96. The first-order valence-electron chi connectivity index (χ1n) is 11.9. The fourth-order valence-corrected chi connectivity index (χ4v) is 3.72. The van der Waals surface area contributed by atoms with Gasteiger partial charge in [-0.3, -0.25) is 19.7 Å². The maximum Gasteiger partial charge on any atom is 0.339 e. The van der Waals surface area contributed by atoms with Crippen LogP contribution in [0.15, 0.2) is 103 Å². The molecule has 4 aromatic carbocycles. The number of nitrogens with one attached hydrogen (secondary N) is 1. The molecule has 0 saturated carbocycles. The van der Waals surface area contributed by atoms with Crippen LogP contribution in [0, 0.1) is 17.0 Å². The van der Waals surface area contributed by atoms with Crippen LogP contribution in [0.1, 0.15) is 37.9 Å². The van der Waals surface area contributed by atoms with Crippen LogP contribution in [-0.4, -0.2) is 29.2 Å². The molecule has 4 aromatic rings. The molecule has 0 heterocycles. The van der Waals surface area contributed by atoms with Crippen molar-refractivity contribution in [2.24, 2.45) is 0 Å². The first-order valence-corrected chi connectivity index (χ1v) is 11.9. The van der Waals surface area contributed by atoms with Crippen molar-refractivity contribution in [1.82, 2.24) is 0 Å². The molecule has 196 valence electrons. The topological polar surface area (TPSA) is 125 Å². The summed E-state index contributed by atoms with van der Waals surface area (Å²) in [5.74, 6) is -1.02. The van der Waals surface area contributed by atoms with Crippen LogP contribution >= 0.6 is 0 Å². The third-order valence-electron chi connectivity index (χ3n) is 5.78. The molecular weight excluding hydrogens is 500 g/mol. The summed E-state index contributed by atoms with van der Waals surface area (Å²) in [6.45, 7) is 1.69. The lowest BCUT2D eigenvalue weighted by Crippen LogP contribution is -2.21. The standard InChI is InChI=1S/C30H24N2O7/c1-20-7-5-6-10-26(20)38-19-27(33)31-24-15-11-23(12-16-24)30(35)39-29(28(34)21-8-3-2-4-9-21)22-13-17-25(18-14-22)32(36)37/h2-18,29H,19H2,1H3,(H,31,33)/t29-/m0/s1. The quantitative estimate of drug-likeness (QED) is 0.122. The molecule has 1 atom stereocenters. The van der Waals surface area contributed by atoms with Gasteiger partial charge in [-0.1, -0.05) is 48.5 Å². The Hall–Kier alpha value is -5.31. The number of para-hydroxylation sites is 1. The van der Waals surface area contributed by atoms with E-state index in [0.717, 1.165) is 5.56 Å². The fraction of sp³-hybridized carbons (Fsp3) is 0.100. The number of ketones is 1. The van der Waals surface area contributed by atoms with Crippen LogP contribution in [0.25, 0.3) is 0 Å². The van der Waals surface area contributed by atoms with Gasteiger partial charge in [-0.15, -0.1) is 0 Å². The Morgan fingerprint density at radius 2 is 1.46 bits per heavy atom. The van der Waals surface area contributed by atoms with E-state index in [1.165, 1.54) is 48.5 Å². The number of nitro groups is 1. The van der Waals surface area contributed by atoms with Crippen LogP contribution in [0.4, 0.5) is 11.4 Å². The molecule has 9 nitrogen and oxygen atoms in total. The molecule has 39 heavy (non-hydrogen) atoms. The number of nitrogens with zero attached hydrogens (tertiary/aromatic N) is 1. The molecule has 0 aliphatic carbocycles. The Morgan fingerprint density at radius 3 is 2.10 bits per heavy atom. The van der Waals surface area contributed by atoms with Crippen LogP contribution in [-0.2, 0) is 9.53 Å². The number of Topliss-reactive ketones (excluding diaryl/α,β-unsaturated/α-hetero) is 1. The third-order valence-corrected chi connectivity index (χ3v) is 5.78. The molecule has 0 unspecified atom stereocenters. The highest BCUT2D eigenvalue weighted by Gasteiger charge is 2.27. The molecule has 0 bridgehead atoms. The second-order valence-corrected chi connectivity index (χ2v) is 8.54. The van der Waals surface area contributed by atoms with E-state index in [4.69, 9.17) is 9.47 Å². The van der Waals surface area contributed by atoms with Gasteiger partial charge in [-0.05, 0) is 55.0 Å². The first-order chi connectivity index (χ1) is 18.8. The number of ether oxygens (including phenoxy) is 2. The van der Waals surface area contributed by atoms with Crippen LogP contribution in [0.2, 0.25) is 0 Å². The highest BCUT2D eigenvalue weighted by Crippen LogP contribution is 2.26. The second-order valence-electron chi connectivity index (χ2n) is 8.54. The van der Waals surface area contributed by atoms with E-state index in [0.29, 0.717) is 22.6 Å². The van der Waals surface area contributed by atoms with Crippen molar-refractivity contribution in [1.29, 1.82) is 0 Å².